The summed E-state index contributed by atoms with van der Waals surface area (Å²) < 4.78 is 0. The third kappa shape index (κ3) is 3.73. The number of aryl methyl sites for hydroxylation is 1. The molecule has 3 heterocycles. The molecular weight excluding hydrogens is 322 g/mol. The van der Waals surface area contributed by atoms with Crippen LogP contribution in [-0.2, 0) is 22.6 Å². The molecule has 1 saturated heterocycles. The molecule has 1 unspecified atom stereocenters. The lowest BCUT2D eigenvalue weighted by atomic mass is 10.0. The van der Waals surface area contributed by atoms with Crippen LogP contribution in [0.4, 0.5) is 5.82 Å². The highest BCUT2D eigenvalue weighted by molar-refractivity contribution is 5.87. The van der Waals surface area contributed by atoms with Crippen molar-refractivity contribution in [3.05, 3.63) is 17.1 Å². The average Bonchev–Trinajstić information content (AvgIpc) is 3.12. The van der Waals surface area contributed by atoms with Crippen molar-refractivity contribution in [1.82, 2.24) is 20.2 Å². The zero-order valence-corrected chi connectivity index (χ0v) is 14.8. The van der Waals surface area contributed by atoms with Crippen LogP contribution in [0.1, 0.15) is 36.8 Å². The SMILES string of the molecule is CC(=O)NC(CO)C(=O)N1CCc2c(nc(C)nc2N2CCCC2)C1. The first-order chi connectivity index (χ1) is 12.0. The van der Waals surface area contributed by atoms with Crippen molar-refractivity contribution in [2.75, 3.05) is 31.1 Å². The number of carbonyl (C=O) groups excluding carboxylic acids is 2. The molecule has 2 aliphatic rings. The van der Waals surface area contributed by atoms with Crippen LogP contribution < -0.4 is 10.2 Å². The van der Waals surface area contributed by atoms with Crippen LogP contribution in [0.15, 0.2) is 0 Å². The van der Waals surface area contributed by atoms with Crippen LogP contribution in [0.25, 0.3) is 0 Å². The van der Waals surface area contributed by atoms with Gasteiger partial charge >= 0.3 is 0 Å². The predicted octanol–water partition coefficient (Wildman–Crippen LogP) is -0.233. The predicted molar refractivity (Wildman–Crippen MR) is 92.0 cm³/mol. The average molecular weight is 347 g/mol. The van der Waals surface area contributed by atoms with Crippen LogP contribution >= 0.6 is 0 Å². The van der Waals surface area contributed by atoms with E-state index in [-0.39, 0.29) is 11.8 Å². The number of hydrogen-bond donors (Lipinski definition) is 2. The normalized spacial score (nSPS) is 18.0. The van der Waals surface area contributed by atoms with Gasteiger partial charge in [0.25, 0.3) is 0 Å². The Morgan fingerprint density at radius 2 is 1.96 bits per heavy atom. The van der Waals surface area contributed by atoms with Crippen LogP contribution in [0.3, 0.4) is 0 Å². The fraction of sp³-hybridized carbons (Fsp3) is 0.647. The molecule has 2 aliphatic heterocycles. The number of nitrogens with zero attached hydrogens (tertiary/aromatic N) is 4. The zero-order chi connectivity index (χ0) is 18.0. The zero-order valence-electron chi connectivity index (χ0n) is 14.8. The molecule has 1 fully saturated rings. The number of amides is 2. The molecule has 0 bridgehead atoms. The largest absolute Gasteiger partial charge is 0.394 e. The molecule has 1 aromatic rings. The summed E-state index contributed by atoms with van der Waals surface area (Å²) in [5.74, 6) is 1.10. The topological polar surface area (TPSA) is 98.7 Å². The van der Waals surface area contributed by atoms with Crippen molar-refractivity contribution in [3.63, 3.8) is 0 Å². The third-order valence-electron chi connectivity index (χ3n) is 4.73. The molecule has 0 spiro atoms. The molecule has 2 N–H and O–H groups in total. The lowest BCUT2D eigenvalue weighted by molar-refractivity contribution is -0.138. The second kappa shape index (κ2) is 7.35. The second-order valence-corrected chi connectivity index (χ2v) is 6.66. The molecule has 0 aliphatic carbocycles. The molecule has 2 amide bonds. The van der Waals surface area contributed by atoms with E-state index in [9.17, 15) is 14.7 Å². The maximum atomic E-state index is 12.6. The standard InChI is InChI=1S/C17H25N5O3/c1-11-18-14-9-22(17(25)15(10-23)20-12(2)24)8-5-13(14)16(19-11)21-6-3-4-7-21/h15,23H,3-10H2,1-2H3,(H,20,24). The van der Waals surface area contributed by atoms with Gasteiger partial charge in [0.05, 0.1) is 18.8 Å². The molecular formula is C17H25N5O3. The summed E-state index contributed by atoms with van der Waals surface area (Å²) in [4.78, 5) is 37.0. The van der Waals surface area contributed by atoms with E-state index in [4.69, 9.17) is 0 Å². The number of aliphatic hydroxyl groups excluding tert-OH is 1. The van der Waals surface area contributed by atoms with E-state index < -0.39 is 12.6 Å². The minimum Gasteiger partial charge on any atom is -0.394 e. The first-order valence-corrected chi connectivity index (χ1v) is 8.77. The van der Waals surface area contributed by atoms with Gasteiger partial charge in [0.1, 0.15) is 17.7 Å². The van der Waals surface area contributed by atoms with Gasteiger partial charge in [0.15, 0.2) is 0 Å². The number of nitrogens with one attached hydrogen (secondary N) is 1. The number of carbonyl (C=O) groups is 2. The maximum absolute atomic E-state index is 12.6. The fourth-order valence-corrected chi connectivity index (χ4v) is 3.56. The quantitative estimate of drug-likeness (QED) is 0.780. The van der Waals surface area contributed by atoms with Crippen LogP contribution in [0.2, 0.25) is 0 Å². The Balaban J connectivity index is 1.81. The second-order valence-electron chi connectivity index (χ2n) is 6.66. The Labute approximate surface area is 147 Å². The molecule has 0 saturated carbocycles. The lowest BCUT2D eigenvalue weighted by Gasteiger charge is -2.33. The van der Waals surface area contributed by atoms with Gasteiger partial charge in [-0.15, -0.1) is 0 Å². The molecule has 8 nitrogen and oxygen atoms in total. The molecule has 0 radical (unpaired) electrons. The van der Waals surface area contributed by atoms with Crippen LogP contribution in [-0.4, -0.2) is 64.1 Å². The Bertz CT molecular complexity index is 672. The first kappa shape index (κ1) is 17.6. The van der Waals surface area contributed by atoms with Crippen LogP contribution in [0.5, 0.6) is 0 Å². The summed E-state index contributed by atoms with van der Waals surface area (Å²) in [5, 5.41) is 11.9. The number of aromatic nitrogens is 2. The highest BCUT2D eigenvalue weighted by Gasteiger charge is 2.31. The smallest absolute Gasteiger partial charge is 0.247 e. The first-order valence-electron chi connectivity index (χ1n) is 8.77. The van der Waals surface area contributed by atoms with Crippen molar-refractivity contribution < 1.29 is 14.7 Å². The Morgan fingerprint density at radius 1 is 1.24 bits per heavy atom. The number of fused-ring (bicyclic) bond motifs is 1. The molecule has 136 valence electrons. The van der Waals surface area contributed by atoms with Gasteiger partial charge in [-0.1, -0.05) is 0 Å². The molecule has 1 atom stereocenters. The van der Waals surface area contributed by atoms with E-state index in [0.717, 1.165) is 30.2 Å². The highest BCUT2D eigenvalue weighted by Crippen LogP contribution is 2.28. The minimum atomic E-state index is -0.903. The Hall–Kier alpha value is -2.22. The Kier molecular flexibility index (Phi) is 5.17. The van der Waals surface area contributed by atoms with Crippen molar-refractivity contribution in [2.45, 2.75) is 45.7 Å². The summed E-state index contributed by atoms with van der Waals surface area (Å²) in [5.41, 5.74) is 1.99. The van der Waals surface area contributed by atoms with Gasteiger partial charge in [-0.3, -0.25) is 9.59 Å². The minimum absolute atomic E-state index is 0.276. The molecule has 1 aromatic heterocycles. The van der Waals surface area contributed by atoms with E-state index >= 15 is 0 Å². The summed E-state index contributed by atoms with van der Waals surface area (Å²) in [6.45, 7) is 5.74. The summed E-state index contributed by atoms with van der Waals surface area (Å²) in [6.07, 6.45) is 3.04. The van der Waals surface area contributed by atoms with E-state index in [0.29, 0.717) is 25.3 Å². The number of rotatable bonds is 4. The molecule has 0 aromatic carbocycles. The van der Waals surface area contributed by atoms with E-state index in [1.165, 1.54) is 19.8 Å². The van der Waals surface area contributed by atoms with Gasteiger partial charge in [0.2, 0.25) is 11.8 Å². The number of hydrogen-bond acceptors (Lipinski definition) is 6. The fourth-order valence-electron chi connectivity index (χ4n) is 3.56. The van der Waals surface area contributed by atoms with E-state index in [1.807, 2.05) is 6.92 Å². The van der Waals surface area contributed by atoms with Crippen LogP contribution in [0, 0.1) is 6.92 Å². The Morgan fingerprint density at radius 3 is 2.60 bits per heavy atom. The summed E-state index contributed by atoms with van der Waals surface area (Å²) in [6, 6.07) is -0.903. The summed E-state index contributed by atoms with van der Waals surface area (Å²) in [7, 11) is 0. The van der Waals surface area contributed by atoms with Gasteiger partial charge in [-0.05, 0) is 26.2 Å². The molecule has 3 rings (SSSR count). The molecule has 8 heteroatoms. The van der Waals surface area contributed by atoms with Gasteiger partial charge in [-0.2, -0.15) is 0 Å². The van der Waals surface area contributed by atoms with E-state index in [2.05, 4.69) is 20.2 Å². The van der Waals surface area contributed by atoms with Crippen molar-refractivity contribution in [2.24, 2.45) is 0 Å². The molecule has 25 heavy (non-hydrogen) atoms. The third-order valence-corrected chi connectivity index (χ3v) is 4.73. The van der Waals surface area contributed by atoms with Gasteiger partial charge in [0, 0.05) is 32.1 Å². The van der Waals surface area contributed by atoms with Crippen molar-refractivity contribution >= 4 is 17.6 Å². The number of aliphatic hydroxyl groups is 1. The van der Waals surface area contributed by atoms with Crippen molar-refractivity contribution in [3.8, 4) is 0 Å². The van der Waals surface area contributed by atoms with Gasteiger partial charge in [-0.25, -0.2) is 9.97 Å². The van der Waals surface area contributed by atoms with E-state index in [1.54, 1.807) is 4.90 Å². The van der Waals surface area contributed by atoms with Gasteiger partial charge < -0.3 is 20.2 Å². The summed E-state index contributed by atoms with van der Waals surface area (Å²) >= 11 is 0. The lowest BCUT2D eigenvalue weighted by Crippen LogP contribution is -2.51. The monoisotopic (exact) mass is 347 g/mol. The maximum Gasteiger partial charge on any atom is 0.247 e. The highest BCUT2D eigenvalue weighted by atomic mass is 16.3. The van der Waals surface area contributed by atoms with Crippen molar-refractivity contribution in [1.29, 1.82) is 0 Å². The number of anilines is 1.